The van der Waals surface area contributed by atoms with Crippen molar-refractivity contribution in [3.63, 3.8) is 0 Å². The molecule has 1 rings (SSSR count). The van der Waals surface area contributed by atoms with Gasteiger partial charge in [-0.1, -0.05) is 0 Å². The van der Waals surface area contributed by atoms with Crippen LogP contribution in [0.4, 0.5) is 0 Å². The molecule has 0 radical (unpaired) electrons. The third kappa shape index (κ3) is 3.60. The Labute approximate surface area is 108 Å². The number of aliphatic carboxylic acids is 1. The average Bonchev–Trinajstić information content (AvgIpc) is 2.51. The van der Waals surface area contributed by atoms with Gasteiger partial charge in [-0.3, -0.25) is 18.7 Å². The third-order valence-corrected chi connectivity index (χ3v) is 2.26. The minimum atomic E-state index is -1.26. The number of aromatic nitrogens is 2. The number of hydrogen-bond donors (Lipinski definition) is 2. The molecular formula is C11H16N2O6. The Morgan fingerprint density at radius 1 is 1.37 bits per heavy atom. The summed E-state index contributed by atoms with van der Waals surface area (Å²) in [6.07, 6.45) is 1.02. The molecule has 0 spiro atoms. The first-order valence-electron chi connectivity index (χ1n) is 5.51. The van der Waals surface area contributed by atoms with Crippen LogP contribution in [-0.4, -0.2) is 31.3 Å². The fraction of sp³-hybridized carbons (Fsp3) is 0.545. The minimum Gasteiger partial charge on any atom is -0.493 e. The van der Waals surface area contributed by atoms with E-state index in [-0.39, 0.29) is 6.73 Å². The monoisotopic (exact) mass is 272 g/mol. The van der Waals surface area contributed by atoms with Gasteiger partial charge in [-0.2, -0.15) is 0 Å². The summed E-state index contributed by atoms with van der Waals surface area (Å²) >= 11 is 0. The van der Waals surface area contributed by atoms with Crippen LogP contribution in [0.25, 0.3) is 0 Å². The van der Waals surface area contributed by atoms with E-state index >= 15 is 0 Å². The molecule has 0 saturated carbocycles. The number of carboxylic acid groups (broad SMARTS) is 1. The second-order valence-corrected chi connectivity index (χ2v) is 5.03. The SMILES string of the molecule is CC(C)(C)C(=O)OCn1cc(O)n(CC(=O)O)c1=O. The molecule has 0 unspecified atom stereocenters. The van der Waals surface area contributed by atoms with Crippen molar-refractivity contribution in [1.82, 2.24) is 9.13 Å². The highest BCUT2D eigenvalue weighted by Gasteiger charge is 2.23. The van der Waals surface area contributed by atoms with Crippen molar-refractivity contribution >= 4 is 11.9 Å². The van der Waals surface area contributed by atoms with Gasteiger partial charge in [0.25, 0.3) is 0 Å². The fourth-order valence-corrected chi connectivity index (χ4v) is 1.24. The molecule has 0 saturated heterocycles. The van der Waals surface area contributed by atoms with Crippen molar-refractivity contribution in [3.05, 3.63) is 16.7 Å². The van der Waals surface area contributed by atoms with Crippen LogP contribution in [0.1, 0.15) is 20.8 Å². The summed E-state index contributed by atoms with van der Waals surface area (Å²) < 4.78 is 6.48. The van der Waals surface area contributed by atoms with Crippen molar-refractivity contribution in [2.24, 2.45) is 5.41 Å². The topological polar surface area (TPSA) is 111 Å². The van der Waals surface area contributed by atoms with Gasteiger partial charge in [0.2, 0.25) is 5.88 Å². The predicted molar refractivity (Wildman–Crippen MR) is 63.5 cm³/mol. The van der Waals surface area contributed by atoms with Gasteiger partial charge in [0.15, 0.2) is 6.73 Å². The second kappa shape index (κ2) is 5.17. The zero-order valence-electron chi connectivity index (χ0n) is 10.9. The van der Waals surface area contributed by atoms with Crippen molar-refractivity contribution in [3.8, 4) is 5.88 Å². The van der Waals surface area contributed by atoms with Gasteiger partial charge in [0, 0.05) is 0 Å². The molecule has 19 heavy (non-hydrogen) atoms. The molecule has 106 valence electrons. The normalized spacial score (nSPS) is 11.3. The van der Waals surface area contributed by atoms with Crippen LogP contribution >= 0.6 is 0 Å². The Kier molecular flexibility index (Phi) is 4.03. The third-order valence-electron chi connectivity index (χ3n) is 2.26. The molecule has 0 atom stereocenters. The molecule has 0 aliphatic heterocycles. The number of nitrogens with zero attached hydrogens (tertiary/aromatic N) is 2. The molecular weight excluding hydrogens is 256 g/mol. The van der Waals surface area contributed by atoms with Crippen molar-refractivity contribution in [2.45, 2.75) is 34.0 Å². The van der Waals surface area contributed by atoms with Crippen LogP contribution in [0.15, 0.2) is 11.0 Å². The molecule has 0 aliphatic rings. The van der Waals surface area contributed by atoms with Crippen LogP contribution in [0.2, 0.25) is 0 Å². The minimum absolute atomic E-state index is 0.380. The number of imidazole rings is 1. The molecule has 1 aromatic rings. The summed E-state index contributed by atoms with van der Waals surface area (Å²) in [5.74, 6) is -2.27. The van der Waals surface area contributed by atoms with E-state index in [2.05, 4.69) is 0 Å². The zero-order chi connectivity index (χ0) is 14.8. The number of ether oxygens (including phenoxy) is 1. The zero-order valence-corrected chi connectivity index (χ0v) is 10.9. The van der Waals surface area contributed by atoms with Gasteiger partial charge in [0.1, 0.15) is 6.54 Å². The van der Waals surface area contributed by atoms with Gasteiger partial charge in [-0.05, 0) is 20.8 Å². The summed E-state index contributed by atoms with van der Waals surface area (Å²) in [6.45, 7) is 3.93. The largest absolute Gasteiger partial charge is 0.493 e. The van der Waals surface area contributed by atoms with E-state index in [9.17, 15) is 19.5 Å². The molecule has 0 aliphatic carbocycles. The van der Waals surface area contributed by atoms with Gasteiger partial charge in [-0.25, -0.2) is 4.79 Å². The molecule has 0 amide bonds. The van der Waals surface area contributed by atoms with Crippen molar-refractivity contribution in [2.75, 3.05) is 0 Å². The summed E-state index contributed by atoms with van der Waals surface area (Å²) in [5, 5.41) is 18.0. The maximum atomic E-state index is 11.7. The van der Waals surface area contributed by atoms with E-state index in [0.717, 1.165) is 10.8 Å². The van der Waals surface area contributed by atoms with E-state index in [0.29, 0.717) is 4.57 Å². The Morgan fingerprint density at radius 3 is 2.42 bits per heavy atom. The maximum Gasteiger partial charge on any atom is 0.334 e. The lowest BCUT2D eigenvalue weighted by Gasteiger charge is -2.16. The average molecular weight is 272 g/mol. The number of aromatic hydroxyl groups is 1. The van der Waals surface area contributed by atoms with Gasteiger partial charge in [0.05, 0.1) is 11.6 Å². The first-order chi connectivity index (χ1) is 8.62. The van der Waals surface area contributed by atoms with Gasteiger partial charge < -0.3 is 14.9 Å². The highest BCUT2D eigenvalue weighted by Crippen LogP contribution is 2.15. The maximum absolute atomic E-state index is 11.7. The van der Waals surface area contributed by atoms with E-state index < -0.39 is 35.5 Å². The Morgan fingerprint density at radius 2 is 1.95 bits per heavy atom. The first kappa shape index (κ1) is 14.8. The molecule has 1 heterocycles. The van der Waals surface area contributed by atoms with Crippen LogP contribution in [0.3, 0.4) is 0 Å². The lowest BCUT2D eigenvalue weighted by atomic mass is 9.98. The standard InChI is InChI=1S/C11H16N2O6/c1-11(2,3)9(17)19-6-12-4-7(14)13(10(12)18)5-8(15)16/h4,14H,5-6H2,1-3H3,(H,15,16). The summed E-state index contributed by atoms with van der Waals surface area (Å²) in [5.41, 5.74) is -1.48. The van der Waals surface area contributed by atoms with Gasteiger partial charge in [-0.15, -0.1) is 0 Å². The Hall–Kier alpha value is -2.25. The lowest BCUT2D eigenvalue weighted by Crippen LogP contribution is -2.30. The number of carboxylic acids is 1. The second-order valence-electron chi connectivity index (χ2n) is 5.03. The Bertz CT molecular complexity index is 549. The number of carbonyl (C=O) groups is 2. The molecule has 0 fully saturated rings. The molecule has 2 N–H and O–H groups in total. The van der Waals surface area contributed by atoms with Crippen LogP contribution in [0, 0.1) is 5.41 Å². The van der Waals surface area contributed by atoms with Crippen LogP contribution in [-0.2, 0) is 27.6 Å². The van der Waals surface area contributed by atoms with E-state index in [1.54, 1.807) is 20.8 Å². The number of hydrogen-bond acceptors (Lipinski definition) is 5. The van der Waals surface area contributed by atoms with Crippen molar-refractivity contribution < 1.29 is 24.5 Å². The summed E-state index contributed by atoms with van der Waals surface area (Å²) in [4.78, 5) is 33.7. The Balaban J connectivity index is 2.84. The number of esters is 1. The van der Waals surface area contributed by atoms with Crippen molar-refractivity contribution in [1.29, 1.82) is 0 Å². The van der Waals surface area contributed by atoms with Gasteiger partial charge >= 0.3 is 17.6 Å². The smallest absolute Gasteiger partial charge is 0.334 e. The summed E-state index contributed by atoms with van der Waals surface area (Å²) in [7, 11) is 0. The highest BCUT2D eigenvalue weighted by molar-refractivity contribution is 5.75. The first-order valence-corrected chi connectivity index (χ1v) is 5.51. The van der Waals surface area contributed by atoms with Crippen LogP contribution < -0.4 is 5.69 Å². The van der Waals surface area contributed by atoms with E-state index in [1.165, 1.54) is 0 Å². The van der Waals surface area contributed by atoms with E-state index in [4.69, 9.17) is 9.84 Å². The fourth-order valence-electron chi connectivity index (χ4n) is 1.24. The highest BCUT2D eigenvalue weighted by atomic mass is 16.5. The molecule has 0 aromatic carbocycles. The summed E-state index contributed by atoms with van der Waals surface area (Å²) in [6, 6.07) is 0. The number of rotatable bonds is 4. The molecule has 8 heteroatoms. The predicted octanol–water partition coefficient (Wildman–Crippen LogP) is -0.0132. The van der Waals surface area contributed by atoms with E-state index in [1.807, 2.05) is 0 Å². The molecule has 1 aromatic heterocycles. The van der Waals surface area contributed by atoms with Crippen LogP contribution in [0.5, 0.6) is 5.88 Å². The molecule has 8 nitrogen and oxygen atoms in total. The quantitative estimate of drug-likeness (QED) is 0.745. The molecule has 0 bridgehead atoms. The number of carbonyl (C=O) groups excluding carboxylic acids is 1. The lowest BCUT2D eigenvalue weighted by molar-refractivity contribution is -0.157.